The molecule has 31 heavy (non-hydrogen) atoms. The number of nitrogens with zero attached hydrogens (tertiary/aromatic N) is 2. The number of aliphatic hydroxyl groups excluding tert-OH is 1. The van der Waals surface area contributed by atoms with Crippen LogP contribution in [0.15, 0.2) is 42.6 Å². The maximum atomic E-state index is 12.6. The first-order chi connectivity index (χ1) is 15.2. The second-order valence-corrected chi connectivity index (χ2v) is 8.58. The SMILES string of the molecule is O=C(NC[C@H](O)CN1CCc2ccccc2C1)c1ccnc(NCC2CCCCN2)c1. The number of pyridine rings is 1. The van der Waals surface area contributed by atoms with Crippen LogP contribution in [0.5, 0.6) is 0 Å². The van der Waals surface area contributed by atoms with Gasteiger partial charge in [0.25, 0.3) is 5.91 Å². The highest BCUT2D eigenvalue weighted by Gasteiger charge is 2.19. The molecule has 0 bridgehead atoms. The summed E-state index contributed by atoms with van der Waals surface area (Å²) in [6.45, 7) is 4.41. The summed E-state index contributed by atoms with van der Waals surface area (Å²) in [6, 6.07) is 12.4. The first-order valence-corrected chi connectivity index (χ1v) is 11.4. The van der Waals surface area contributed by atoms with Crippen LogP contribution in [0, 0.1) is 0 Å². The van der Waals surface area contributed by atoms with E-state index in [4.69, 9.17) is 0 Å². The van der Waals surface area contributed by atoms with Gasteiger partial charge in [-0.15, -0.1) is 0 Å². The molecule has 1 fully saturated rings. The minimum Gasteiger partial charge on any atom is -0.390 e. The van der Waals surface area contributed by atoms with E-state index in [1.165, 1.54) is 24.0 Å². The van der Waals surface area contributed by atoms with Crippen molar-refractivity contribution in [1.82, 2.24) is 20.5 Å². The van der Waals surface area contributed by atoms with Gasteiger partial charge in [0, 0.05) is 50.5 Å². The van der Waals surface area contributed by atoms with Crippen molar-refractivity contribution in [3.8, 4) is 0 Å². The summed E-state index contributed by atoms with van der Waals surface area (Å²) < 4.78 is 0. The molecule has 2 aliphatic rings. The highest BCUT2D eigenvalue weighted by molar-refractivity contribution is 5.94. The summed E-state index contributed by atoms with van der Waals surface area (Å²) in [4.78, 5) is 19.1. The second-order valence-electron chi connectivity index (χ2n) is 8.58. The van der Waals surface area contributed by atoms with Crippen LogP contribution >= 0.6 is 0 Å². The third-order valence-corrected chi connectivity index (χ3v) is 6.14. The fourth-order valence-electron chi connectivity index (χ4n) is 4.38. The molecule has 0 aliphatic carbocycles. The standard InChI is InChI=1S/C24H33N5O2/c30-22(17-29-12-9-18-5-1-2-6-20(18)16-29)15-28-24(31)19-8-11-26-23(13-19)27-14-21-7-3-4-10-25-21/h1-2,5-6,8,11,13,21-22,25,30H,3-4,7,9-10,12,14-17H2,(H,26,27)(H,28,31)/t21?,22-/m0/s1. The quantitative estimate of drug-likeness (QED) is 0.518. The highest BCUT2D eigenvalue weighted by Crippen LogP contribution is 2.18. The summed E-state index contributed by atoms with van der Waals surface area (Å²) >= 11 is 0. The molecular weight excluding hydrogens is 390 g/mol. The molecule has 2 aliphatic heterocycles. The van der Waals surface area contributed by atoms with E-state index in [0.29, 0.717) is 24.0 Å². The molecule has 1 unspecified atom stereocenters. The number of β-amino-alcohol motifs (C(OH)–C–C–N with tert-alkyl or cyclic N) is 1. The Hall–Kier alpha value is -2.48. The van der Waals surface area contributed by atoms with E-state index >= 15 is 0 Å². The minimum atomic E-state index is -0.606. The van der Waals surface area contributed by atoms with Gasteiger partial charge >= 0.3 is 0 Å². The van der Waals surface area contributed by atoms with Crippen molar-refractivity contribution < 1.29 is 9.90 Å². The normalized spacial score (nSPS) is 20.0. The number of carbonyl (C=O) groups excluding carboxylic acids is 1. The van der Waals surface area contributed by atoms with E-state index in [9.17, 15) is 9.90 Å². The molecule has 0 spiro atoms. The van der Waals surface area contributed by atoms with Crippen LogP contribution in [0.3, 0.4) is 0 Å². The molecule has 3 heterocycles. The van der Waals surface area contributed by atoms with Gasteiger partial charge in [-0.05, 0) is 49.1 Å². The van der Waals surface area contributed by atoms with Crippen molar-refractivity contribution in [2.75, 3.05) is 38.0 Å². The molecule has 4 rings (SSSR count). The van der Waals surface area contributed by atoms with E-state index in [1.54, 1.807) is 18.3 Å². The molecule has 1 aromatic carbocycles. The monoisotopic (exact) mass is 423 g/mol. The van der Waals surface area contributed by atoms with Crippen LogP contribution in [0.1, 0.15) is 40.7 Å². The third-order valence-electron chi connectivity index (χ3n) is 6.14. The summed E-state index contributed by atoms with van der Waals surface area (Å²) in [5.41, 5.74) is 3.27. The van der Waals surface area contributed by atoms with Gasteiger partial charge in [-0.1, -0.05) is 30.7 Å². The number of amides is 1. The second kappa shape index (κ2) is 10.7. The van der Waals surface area contributed by atoms with Crippen molar-refractivity contribution in [1.29, 1.82) is 0 Å². The Kier molecular flexibility index (Phi) is 7.51. The fourth-order valence-corrected chi connectivity index (χ4v) is 4.38. The Labute approximate surface area is 184 Å². The smallest absolute Gasteiger partial charge is 0.251 e. The summed E-state index contributed by atoms with van der Waals surface area (Å²) in [5.74, 6) is 0.511. The maximum absolute atomic E-state index is 12.6. The zero-order valence-corrected chi connectivity index (χ0v) is 18.0. The Morgan fingerprint density at radius 2 is 2.13 bits per heavy atom. The van der Waals surface area contributed by atoms with Gasteiger partial charge in [0.15, 0.2) is 0 Å². The number of carbonyl (C=O) groups is 1. The number of piperidine rings is 1. The molecule has 7 heteroatoms. The maximum Gasteiger partial charge on any atom is 0.251 e. The Morgan fingerprint density at radius 3 is 2.97 bits per heavy atom. The highest BCUT2D eigenvalue weighted by atomic mass is 16.3. The average molecular weight is 424 g/mol. The number of benzene rings is 1. The number of fused-ring (bicyclic) bond motifs is 1. The lowest BCUT2D eigenvalue weighted by molar-refractivity contribution is 0.0842. The third kappa shape index (κ3) is 6.26. The molecule has 0 radical (unpaired) electrons. The molecule has 0 saturated carbocycles. The van der Waals surface area contributed by atoms with Crippen molar-refractivity contribution in [2.24, 2.45) is 0 Å². The number of aromatic nitrogens is 1. The van der Waals surface area contributed by atoms with Crippen molar-refractivity contribution in [3.63, 3.8) is 0 Å². The molecule has 7 nitrogen and oxygen atoms in total. The Bertz CT molecular complexity index is 869. The lowest BCUT2D eigenvalue weighted by Gasteiger charge is -2.30. The van der Waals surface area contributed by atoms with Crippen LogP contribution in [0.25, 0.3) is 0 Å². The number of anilines is 1. The number of rotatable bonds is 8. The molecular formula is C24H33N5O2. The zero-order valence-electron chi connectivity index (χ0n) is 18.0. The summed E-state index contributed by atoms with van der Waals surface area (Å²) in [7, 11) is 0. The van der Waals surface area contributed by atoms with Crippen molar-refractivity contribution >= 4 is 11.7 Å². The van der Waals surface area contributed by atoms with Gasteiger partial charge in [0.1, 0.15) is 5.82 Å². The largest absolute Gasteiger partial charge is 0.390 e. The van der Waals surface area contributed by atoms with E-state index in [1.807, 2.05) is 0 Å². The molecule has 4 N–H and O–H groups in total. The topological polar surface area (TPSA) is 89.5 Å². The average Bonchev–Trinajstić information content (AvgIpc) is 2.82. The van der Waals surface area contributed by atoms with E-state index in [0.717, 1.165) is 39.0 Å². The van der Waals surface area contributed by atoms with Gasteiger partial charge in [-0.3, -0.25) is 9.69 Å². The minimum absolute atomic E-state index is 0.190. The van der Waals surface area contributed by atoms with E-state index < -0.39 is 6.10 Å². The lowest BCUT2D eigenvalue weighted by atomic mass is 10.00. The fraction of sp³-hybridized carbons (Fsp3) is 0.500. The first kappa shape index (κ1) is 21.7. The van der Waals surface area contributed by atoms with Crippen LogP contribution in [-0.4, -0.2) is 65.8 Å². The van der Waals surface area contributed by atoms with Crippen LogP contribution < -0.4 is 16.0 Å². The zero-order chi connectivity index (χ0) is 21.5. The molecule has 1 saturated heterocycles. The Balaban J connectivity index is 1.22. The molecule has 1 aromatic heterocycles. The predicted octanol–water partition coefficient (Wildman–Crippen LogP) is 1.78. The molecule has 2 atom stereocenters. The van der Waals surface area contributed by atoms with Gasteiger partial charge < -0.3 is 21.1 Å². The van der Waals surface area contributed by atoms with E-state index in [-0.39, 0.29) is 12.5 Å². The summed E-state index contributed by atoms with van der Waals surface area (Å²) in [6.07, 6.45) is 5.69. The van der Waals surface area contributed by atoms with E-state index in [2.05, 4.69) is 50.1 Å². The number of hydrogen-bond donors (Lipinski definition) is 4. The lowest BCUT2D eigenvalue weighted by Crippen LogP contribution is -2.42. The van der Waals surface area contributed by atoms with Gasteiger partial charge in [-0.2, -0.15) is 0 Å². The Morgan fingerprint density at radius 1 is 1.26 bits per heavy atom. The van der Waals surface area contributed by atoms with Crippen LogP contribution in [-0.2, 0) is 13.0 Å². The summed E-state index contributed by atoms with van der Waals surface area (Å²) in [5, 5.41) is 20.1. The van der Waals surface area contributed by atoms with Gasteiger partial charge in [0.05, 0.1) is 6.10 Å². The van der Waals surface area contributed by atoms with Crippen molar-refractivity contribution in [3.05, 3.63) is 59.3 Å². The predicted molar refractivity (Wildman–Crippen MR) is 122 cm³/mol. The van der Waals surface area contributed by atoms with Crippen LogP contribution in [0.4, 0.5) is 5.82 Å². The number of aliphatic hydroxyl groups is 1. The number of nitrogens with one attached hydrogen (secondary N) is 3. The van der Waals surface area contributed by atoms with Gasteiger partial charge in [0.2, 0.25) is 0 Å². The van der Waals surface area contributed by atoms with Crippen LogP contribution in [0.2, 0.25) is 0 Å². The molecule has 1 amide bonds. The molecule has 2 aromatic rings. The number of hydrogen-bond acceptors (Lipinski definition) is 6. The van der Waals surface area contributed by atoms with Crippen molar-refractivity contribution in [2.45, 2.75) is 44.4 Å². The molecule has 166 valence electrons. The van der Waals surface area contributed by atoms with Gasteiger partial charge in [-0.25, -0.2) is 4.98 Å². The first-order valence-electron chi connectivity index (χ1n) is 11.4.